The summed E-state index contributed by atoms with van der Waals surface area (Å²) in [6, 6.07) is 4.94. The van der Waals surface area contributed by atoms with Crippen LogP contribution in [0.5, 0.6) is 0 Å². The zero-order valence-electron chi connectivity index (χ0n) is 9.79. The molecule has 0 saturated carbocycles. The second-order valence-corrected chi connectivity index (χ2v) is 6.56. The lowest BCUT2D eigenvalue weighted by Gasteiger charge is -2.00. The van der Waals surface area contributed by atoms with Crippen LogP contribution in [0, 0.1) is 10.1 Å². The van der Waals surface area contributed by atoms with Crippen LogP contribution < -0.4 is 5.32 Å². The number of aromatic nitrogens is 2. The molecule has 1 N–H and O–H groups in total. The maximum absolute atomic E-state index is 11.0. The van der Waals surface area contributed by atoms with Gasteiger partial charge in [-0.2, -0.15) is 0 Å². The van der Waals surface area contributed by atoms with Gasteiger partial charge in [0.2, 0.25) is 5.13 Å². The lowest BCUT2D eigenvalue weighted by Crippen LogP contribution is -1.94. The van der Waals surface area contributed by atoms with Gasteiger partial charge in [-0.15, -0.1) is 10.2 Å². The van der Waals surface area contributed by atoms with E-state index in [0.717, 1.165) is 6.54 Å². The maximum atomic E-state index is 11.0. The number of nitro groups is 1. The van der Waals surface area contributed by atoms with Gasteiger partial charge in [-0.05, 0) is 30.8 Å². The van der Waals surface area contributed by atoms with E-state index in [1.165, 1.54) is 29.2 Å². The van der Waals surface area contributed by atoms with E-state index in [1.807, 2.05) is 6.92 Å². The first-order chi connectivity index (χ1) is 9.10. The van der Waals surface area contributed by atoms with E-state index in [4.69, 9.17) is 0 Å². The number of halogens is 1. The lowest BCUT2D eigenvalue weighted by molar-refractivity contribution is -0.387. The highest BCUT2D eigenvalue weighted by Gasteiger charge is 2.17. The second-order valence-electron chi connectivity index (χ2n) is 3.37. The maximum Gasteiger partial charge on any atom is 0.284 e. The molecule has 0 bridgehead atoms. The van der Waals surface area contributed by atoms with Crippen LogP contribution in [0.4, 0.5) is 10.8 Å². The minimum Gasteiger partial charge on any atom is -0.360 e. The molecule has 9 heteroatoms. The number of benzene rings is 1. The first-order valence-electron chi connectivity index (χ1n) is 5.29. The lowest BCUT2D eigenvalue weighted by atomic mass is 10.3. The molecule has 0 atom stereocenters. The first kappa shape index (κ1) is 14.2. The van der Waals surface area contributed by atoms with Gasteiger partial charge in [0, 0.05) is 17.1 Å². The van der Waals surface area contributed by atoms with Gasteiger partial charge < -0.3 is 5.32 Å². The van der Waals surface area contributed by atoms with E-state index in [9.17, 15) is 10.1 Å². The molecule has 19 heavy (non-hydrogen) atoms. The third-order valence-corrected chi connectivity index (χ3v) is 4.54. The van der Waals surface area contributed by atoms with Gasteiger partial charge in [-0.1, -0.05) is 27.3 Å². The quantitative estimate of drug-likeness (QED) is 0.645. The fourth-order valence-electron chi connectivity index (χ4n) is 1.29. The Morgan fingerprint density at radius 2 is 2.32 bits per heavy atom. The van der Waals surface area contributed by atoms with Crippen molar-refractivity contribution in [2.45, 2.75) is 16.2 Å². The Morgan fingerprint density at radius 3 is 3.00 bits per heavy atom. The summed E-state index contributed by atoms with van der Waals surface area (Å²) in [5.74, 6) is 0. The highest BCUT2D eigenvalue weighted by molar-refractivity contribution is 9.10. The molecule has 0 saturated heterocycles. The Balaban J connectivity index is 2.24. The Kier molecular flexibility index (Phi) is 4.72. The van der Waals surface area contributed by atoms with E-state index in [2.05, 4.69) is 31.4 Å². The summed E-state index contributed by atoms with van der Waals surface area (Å²) >= 11 is 5.84. The monoisotopic (exact) mass is 360 g/mol. The van der Waals surface area contributed by atoms with Gasteiger partial charge >= 0.3 is 0 Å². The van der Waals surface area contributed by atoms with Crippen LogP contribution in [-0.4, -0.2) is 21.7 Å². The van der Waals surface area contributed by atoms with Crippen LogP contribution in [0.2, 0.25) is 0 Å². The molecule has 0 aliphatic heterocycles. The number of hydrogen-bond donors (Lipinski definition) is 1. The highest BCUT2D eigenvalue weighted by atomic mass is 79.9. The summed E-state index contributed by atoms with van der Waals surface area (Å²) in [5, 5.41) is 22.7. The van der Waals surface area contributed by atoms with Gasteiger partial charge in [-0.25, -0.2) is 0 Å². The van der Waals surface area contributed by atoms with E-state index in [-0.39, 0.29) is 5.69 Å². The van der Waals surface area contributed by atoms with E-state index in [0.29, 0.717) is 18.8 Å². The highest BCUT2D eigenvalue weighted by Crippen LogP contribution is 2.38. The van der Waals surface area contributed by atoms with Gasteiger partial charge in [0.05, 0.1) is 9.82 Å². The van der Waals surface area contributed by atoms with E-state index in [1.54, 1.807) is 12.1 Å². The minimum atomic E-state index is -0.403. The predicted octanol–water partition coefficient (Wildman–Crippen LogP) is 3.79. The molecule has 0 amide bonds. The summed E-state index contributed by atoms with van der Waals surface area (Å²) in [4.78, 5) is 11.1. The third kappa shape index (κ3) is 3.64. The Bertz CT molecular complexity index is 605. The molecule has 0 aliphatic rings. The van der Waals surface area contributed by atoms with Crippen LogP contribution in [0.3, 0.4) is 0 Å². The molecule has 1 aromatic carbocycles. The summed E-state index contributed by atoms with van der Waals surface area (Å²) in [6.45, 7) is 2.73. The van der Waals surface area contributed by atoms with Gasteiger partial charge in [-0.3, -0.25) is 10.1 Å². The van der Waals surface area contributed by atoms with Crippen LogP contribution in [0.15, 0.2) is 31.9 Å². The number of nitrogens with zero attached hydrogens (tertiary/aromatic N) is 3. The molecule has 0 spiro atoms. The zero-order chi connectivity index (χ0) is 13.8. The predicted molar refractivity (Wildman–Crippen MR) is 79.0 cm³/mol. The molecule has 0 aliphatic carbocycles. The van der Waals surface area contributed by atoms with Crippen LogP contribution in [0.1, 0.15) is 6.92 Å². The summed E-state index contributed by atoms with van der Waals surface area (Å²) in [6.07, 6.45) is 0. The van der Waals surface area contributed by atoms with Crippen molar-refractivity contribution in [2.24, 2.45) is 0 Å². The fraction of sp³-hybridized carbons (Fsp3) is 0.200. The second kappa shape index (κ2) is 6.31. The van der Waals surface area contributed by atoms with Gasteiger partial charge in [0.1, 0.15) is 0 Å². The Hall–Kier alpha value is -1.19. The van der Waals surface area contributed by atoms with Crippen molar-refractivity contribution < 1.29 is 4.92 Å². The van der Waals surface area contributed by atoms with Crippen molar-refractivity contribution in [1.29, 1.82) is 0 Å². The largest absolute Gasteiger partial charge is 0.360 e. The van der Waals surface area contributed by atoms with Crippen molar-refractivity contribution in [3.05, 3.63) is 32.8 Å². The van der Waals surface area contributed by atoms with Gasteiger partial charge in [0.25, 0.3) is 5.69 Å². The standard InChI is InChI=1S/C10H9BrN4O2S2/c1-2-12-9-13-14-10(19-9)18-8-4-3-6(11)5-7(8)15(16)17/h3-5H,2H2,1H3,(H,12,13). The zero-order valence-corrected chi connectivity index (χ0v) is 13.0. The minimum absolute atomic E-state index is 0.0552. The molecule has 1 heterocycles. The molecule has 2 rings (SSSR count). The number of nitro benzene ring substituents is 1. The van der Waals surface area contributed by atoms with Crippen molar-refractivity contribution in [3.8, 4) is 0 Å². The molecule has 100 valence electrons. The van der Waals surface area contributed by atoms with Crippen LogP contribution in [0.25, 0.3) is 0 Å². The molecule has 0 fully saturated rings. The summed E-state index contributed by atoms with van der Waals surface area (Å²) in [5.41, 5.74) is 0.0552. The average Bonchev–Trinajstić information content (AvgIpc) is 2.79. The van der Waals surface area contributed by atoms with Crippen LogP contribution in [-0.2, 0) is 0 Å². The van der Waals surface area contributed by atoms with Crippen LogP contribution >= 0.6 is 39.0 Å². The normalized spacial score (nSPS) is 10.4. The molecule has 0 radical (unpaired) electrons. The Morgan fingerprint density at radius 1 is 1.53 bits per heavy atom. The molecule has 1 aromatic heterocycles. The third-order valence-electron chi connectivity index (χ3n) is 2.05. The SMILES string of the molecule is CCNc1nnc(Sc2ccc(Br)cc2[N+](=O)[O-])s1. The molecule has 0 unspecified atom stereocenters. The van der Waals surface area contributed by atoms with Crippen molar-refractivity contribution in [2.75, 3.05) is 11.9 Å². The number of anilines is 1. The number of nitrogens with one attached hydrogen (secondary N) is 1. The molecular weight excluding hydrogens is 352 g/mol. The fourth-order valence-corrected chi connectivity index (χ4v) is 3.50. The number of rotatable bonds is 5. The van der Waals surface area contributed by atoms with Crippen molar-refractivity contribution >= 4 is 49.8 Å². The summed E-state index contributed by atoms with van der Waals surface area (Å²) < 4.78 is 1.34. The molecular formula is C10H9BrN4O2S2. The van der Waals surface area contributed by atoms with E-state index < -0.39 is 4.92 Å². The topological polar surface area (TPSA) is 81.0 Å². The van der Waals surface area contributed by atoms with E-state index >= 15 is 0 Å². The first-order valence-corrected chi connectivity index (χ1v) is 7.72. The van der Waals surface area contributed by atoms with Crippen molar-refractivity contribution in [1.82, 2.24) is 10.2 Å². The molecule has 6 nitrogen and oxygen atoms in total. The summed E-state index contributed by atoms with van der Waals surface area (Å²) in [7, 11) is 0. The average molecular weight is 361 g/mol. The number of hydrogen-bond acceptors (Lipinski definition) is 7. The molecule has 2 aromatic rings. The van der Waals surface area contributed by atoms with Gasteiger partial charge in [0.15, 0.2) is 4.34 Å². The smallest absolute Gasteiger partial charge is 0.284 e. The van der Waals surface area contributed by atoms with Crippen molar-refractivity contribution in [3.63, 3.8) is 0 Å². The Labute approximate surface area is 125 Å².